The summed E-state index contributed by atoms with van der Waals surface area (Å²) in [5, 5.41) is 2.40. The van der Waals surface area contributed by atoms with E-state index >= 15 is 0 Å². The molecule has 0 spiro atoms. The number of amides is 4. The van der Waals surface area contributed by atoms with Crippen LogP contribution in [-0.2, 0) is 14.4 Å². The topological polar surface area (TPSA) is 113 Å². The van der Waals surface area contributed by atoms with E-state index in [1.807, 2.05) is 0 Å². The molecule has 30 heavy (non-hydrogen) atoms. The maximum Gasteiger partial charge on any atom is 0.288 e. The Morgan fingerprint density at radius 1 is 1.17 bits per heavy atom. The fourth-order valence-corrected chi connectivity index (χ4v) is 4.58. The fraction of sp³-hybridized carbons (Fsp3) is 0.450. The molecule has 3 aliphatic heterocycles. The normalized spacial score (nSPS) is 19.4. The van der Waals surface area contributed by atoms with Gasteiger partial charge in [-0.05, 0) is 31.0 Å². The third-order valence-electron chi connectivity index (χ3n) is 5.51. The van der Waals surface area contributed by atoms with E-state index in [4.69, 9.17) is 4.74 Å². The molecular weight excluding hydrogens is 410 g/mol. The quantitative estimate of drug-likeness (QED) is 0.704. The Labute approximate surface area is 177 Å². The first-order chi connectivity index (χ1) is 14.4. The van der Waals surface area contributed by atoms with E-state index in [9.17, 15) is 24.0 Å². The summed E-state index contributed by atoms with van der Waals surface area (Å²) in [5.41, 5.74) is 1.00. The van der Waals surface area contributed by atoms with Gasteiger partial charge in [-0.1, -0.05) is 11.8 Å². The zero-order chi connectivity index (χ0) is 21.3. The highest BCUT2D eigenvalue weighted by Gasteiger charge is 2.32. The number of carbonyl (C=O) groups is 5. The minimum atomic E-state index is -0.302. The number of imide groups is 1. The first-order valence-corrected chi connectivity index (χ1v) is 10.8. The van der Waals surface area contributed by atoms with Crippen molar-refractivity contribution >= 4 is 46.2 Å². The Bertz CT molecular complexity index is 909. The molecule has 0 atom stereocenters. The summed E-state index contributed by atoms with van der Waals surface area (Å²) in [6.07, 6.45) is 1.19. The lowest BCUT2D eigenvalue weighted by Gasteiger charge is -2.32. The molecule has 0 saturated carbocycles. The van der Waals surface area contributed by atoms with Gasteiger partial charge in [0.25, 0.3) is 11.1 Å². The molecule has 3 heterocycles. The molecule has 1 aromatic rings. The number of hydrogen-bond acceptors (Lipinski definition) is 7. The van der Waals surface area contributed by atoms with Crippen LogP contribution in [0.2, 0.25) is 0 Å². The molecule has 1 N–H and O–H groups in total. The highest BCUT2D eigenvalue weighted by molar-refractivity contribution is 8.14. The van der Waals surface area contributed by atoms with Crippen LogP contribution in [-0.4, -0.2) is 70.5 Å². The first kappa shape index (κ1) is 20.4. The maximum absolute atomic E-state index is 12.9. The third kappa shape index (κ3) is 4.18. The van der Waals surface area contributed by atoms with Gasteiger partial charge in [0.1, 0.15) is 5.75 Å². The van der Waals surface area contributed by atoms with Crippen molar-refractivity contribution in [1.82, 2.24) is 9.80 Å². The minimum absolute atomic E-state index is 0.0185. The summed E-state index contributed by atoms with van der Waals surface area (Å²) in [6, 6.07) is 5.01. The fourth-order valence-electron chi connectivity index (χ4n) is 3.83. The van der Waals surface area contributed by atoms with Crippen LogP contribution in [0.3, 0.4) is 0 Å². The van der Waals surface area contributed by atoms with Crippen molar-refractivity contribution in [2.24, 2.45) is 5.92 Å². The molecule has 2 fully saturated rings. The predicted molar refractivity (Wildman–Crippen MR) is 108 cm³/mol. The smallest absolute Gasteiger partial charge is 0.288 e. The number of hydrogen-bond donors (Lipinski definition) is 1. The number of anilines is 1. The number of nitrogens with one attached hydrogen (secondary N) is 1. The van der Waals surface area contributed by atoms with Gasteiger partial charge in [-0.25, -0.2) is 0 Å². The molecule has 9 nitrogen and oxygen atoms in total. The zero-order valence-electron chi connectivity index (χ0n) is 16.2. The van der Waals surface area contributed by atoms with Gasteiger partial charge in [0.2, 0.25) is 11.8 Å². The molecule has 0 unspecified atom stereocenters. The number of nitrogens with zero attached hydrogens (tertiary/aromatic N) is 2. The summed E-state index contributed by atoms with van der Waals surface area (Å²) >= 11 is 0.955. The van der Waals surface area contributed by atoms with Crippen molar-refractivity contribution < 1.29 is 28.7 Å². The lowest BCUT2D eigenvalue weighted by Crippen LogP contribution is -2.42. The maximum atomic E-state index is 12.9. The zero-order valence-corrected chi connectivity index (χ0v) is 17.0. The van der Waals surface area contributed by atoms with Gasteiger partial charge in [-0.3, -0.25) is 28.9 Å². The molecule has 0 bridgehead atoms. The lowest BCUT2D eigenvalue weighted by atomic mass is 9.88. The van der Waals surface area contributed by atoms with Crippen LogP contribution in [0, 0.1) is 5.92 Å². The van der Waals surface area contributed by atoms with Crippen LogP contribution in [0.1, 0.15) is 29.6 Å². The second kappa shape index (κ2) is 8.47. The summed E-state index contributed by atoms with van der Waals surface area (Å²) < 4.78 is 5.32. The summed E-state index contributed by atoms with van der Waals surface area (Å²) in [5.74, 6) is -0.171. The Kier molecular flexibility index (Phi) is 5.76. The number of ketones is 1. The van der Waals surface area contributed by atoms with Crippen molar-refractivity contribution in [2.75, 3.05) is 37.3 Å². The van der Waals surface area contributed by atoms with Crippen LogP contribution >= 0.6 is 11.8 Å². The van der Waals surface area contributed by atoms with Gasteiger partial charge in [0, 0.05) is 37.5 Å². The Hall–Kier alpha value is -2.88. The van der Waals surface area contributed by atoms with Gasteiger partial charge in [-0.2, -0.15) is 0 Å². The minimum Gasteiger partial charge on any atom is -0.482 e. The molecule has 0 aliphatic carbocycles. The van der Waals surface area contributed by atoms with Gasteiger partial charge in [-0.15, -0.1) is 0 Å². The highest BCUT2D eigenvalue weighted by Crippen LogP contribution is 2.31. The molecule has 0 radical (unpaired) electrons. The van der Waals surface area contributed by atoms with Gasteiger partial charge in [0.05, 0.1) is 11.4 Å². The highest BCUT2D eigenvalue weighted by atomic mass is 32.2. The Balaban J connectivity index is 1.30. The van der Waals surface area contributed by atoms with Crippen LogP contribution in [0.25, 0.3) is 0 Å². The van der Waals surface area contributed by atoms with Crippen molar-refractivity contribution in [2.45, 2.75) is 19.3 Å². The van der Waals surface area contributed by atoms with E-state index in [-0.39, 0.29) is 60.0 Å². The predicted octanol–water partition coefficient (Wildman–Crippen LogP) is 1.52. The number of rotatable bonds is 5. The second-order valence-electron chi connectivity index (χ2n) is 7.42. The molecular formula is C20H21N3O6S. The van der Waals surface area contributed by atoms with Crippen molar-refractivity contribution in [3.05, 3.63) is 23.8 Å². The van der Waals surface area contributed by atoms with E-state index in [0.29, 0.717) is 42.9 Å². The van der Waals surface area contributed by atoms with Gasteiger partial charge < -0.3 is 15.0 Å². The molecule has 4 rings (SSSR count). The van der Waals surface area contributed by atoms with Crippen LogP contribution in [0.15, 0.2) is 18.2 Å². The SMILES string of the molecule is O=C1COc2ccc(C(=O)C3CCN(C(=O)CCN4C(=O)CSC4=O)CC3)cc2N1. The summed E-state index contributed by atoms with van der Waals surface area (Å²) in [4.78, 5) is 62.8. The monoisotopic (exact) mass is 431 g/mol. The van der Waals surface area contributed by atoms with E-state index in [2.05, 4.69) is 5.32 Å². The summed E-state index contributed by atoms with van der Waals surface area (Å²) in [6.45, 7) is 0.977. The van der Waals surface area contributed by atoms with E-state index in [1.165, 1.54) is 0 Å². The average molecular weight is 431 g/mol. The summed E-state index contributed by atoms with van der Waals surface area (Å²) in [7, 11) is 0. The van der Waals surface area contributed by atoms with Crippen LogP contribution < -0.4 is 10.1 Å². The lowest BCUT2D eigenvalue weighted by molar-refractivity contribution is -0.133. The molecule has 3 aliphatic rings. The number of ether oxygens (including phenoxy) is 1. The van der Waals surface area contributed by atoms with Crippen molar-refractivity contribution in [1.29, 1.82) is 0 Å². The Morgan fingerprint density at radius 2 is 1.93 bits per heavy atom. The second-order valence-corrected chi connectivity index (χ2v) is 8.34. The van der Waals surface area contributed by atoms with E-state index < -0.39 is 0 Å². The molecule has 158 valence electrons. The van der Waals surface area contributed by atoms with Crippen molar-refractivity contribution in [3.63, 3.8) is 0 Å². The van der Waals surface area contributed by atoms with Crippen LogP contribution in [0.5, 0.6) is 5.75 Å². The number of benzene rings is 1. The molecule has 2 saturated heterocycles. The molecule has 0 aromatic heterocycles. The number of Topliss-reactive ketones (excluding diaryl/α,β-unsaturated/α-hetero) is 1. The van der Waals surface area contributed by atoms with Crippen LogP contribution in [0.4, 0.5) is 10.5 Å². The molecule has 1 aromatic carbocycles. The standard InChI is InChI=1S/C20H21N3O6S/c24-16-10-29-15-2-1-13(9-14(15)21-16)19(27)12-3-6-22(7-4-12)17(25)5-8-23-18(26)11-30-20(23)28/h1-2,9,12H,3-8,10-11H2,(H,21,24). The van der Waals surface area contributed by atoms with E-state index in [0.717, 1.165) is 16.7 Å². The number of carbonyl (C=O) groups excluding carboxylic acids is 5. The number of fused-ring (bicyclic) bond motifs is 1. The Morgan fingerprint density at radius 3 is 2.63 bits per heavy atom. The number of thioether (sulfide) groups is 1. The van der Waals surface area contributed by atoms with Gasteiger partial charge >= 0.3 is 0 Å². The number of likely N-dealkylation sites (tertiary alicyclic amines) is 1. The van der Waals surface area contributed by atoms with Gasteiger partial charge in [0.15, 0.2) is 12.4 Å². The largest absolute Gasteiger partial charge is 0.482 e. The average Bonchev–Trinajstić information content (AvgIpc) is 3.08. The third-order valence-corrected chi connectivity index (χ3v) is 6.36. The van der Waals surface area contributed by atoms with Crippen molar-refractivity contribution in [3.8, 4) is 5.75 Å². The van der Waals surface area contributed by atoms with E-state index in [1.54, 1.807) is 23.1 Å². The molecule has 4 amide bonds. The molecule has 10 heteroatoms. The first-order valence-electron chi connectivity index (χ1n) is 9.78. The number of piperidine rings is 1.